The number of fused-ring (bicyclic) bond motifs is 1. The average Bonchev–Trinajstić information content (AvgIpc) is 3.57. The minimum absolute atomic E-state index is 0.0479. The van der Waals surface area contributed by atoms with Gasteiger partial charge < -0.3 is 19.9 Å². The first kappa shape index (κ1) is 32.1. The van der Waals surface area contributed by atoms with Gasteiger partial charge in [0, 0.05) is 63.2 Å². The van der Waals surface area contributed by atoms with E-state index < -0.39 is 10.8 Å². The highest BCUT2D eigenvalue weighted by atomic mass is 79.9. The molecule has 236 valence electrons. The molecule has 2 saturated heterocycles. The van der Waals surface area contributed by atoms with Crippen molar-refractivity contribution in [2.24, 2.45) is 0 Å². The molecule has 2 aliphatic rings. The Morgan fingerprint density at radius 3 is 2.60 bits per heavy atom. The maximum atomic E-state index is 14.6. The predicted octanol–water partition coefficient (Wildman–Crippen LogP) is 7.13. The predicted molar refractivity (Wildman–Crippen MR) is 185 cm³/mol. The number of H-pyrrole nitrogens is 1. The van der Waals surface area contributed by atoms with Gasteiger partial charge >= 0.3 is 0 Å². The standard InChI is InChI=1S/C35H38BrClN4O3S/c1-24-4-11-28(12-5-24)45-35(34(43)38-14-2-3-15-40-16-18-44-19-17-40)21-32(42)41(23-25-6-8-26(36)9-7-25)33(35)30-22-39-31-20-27(37)10-13-29(30)31/h4-13,20,22,33,39H,2-3,14-19,21,23H2,1H3,(H,38,43)/t33-,35-/m1/s1. The lowest BCUT2D eigenvalue weighted by atomic mass is 9.91. The molecule has 45 heavy (non-hydrogen) atoms. The van der Waals surface area contributed by atoms with Crippen LogP contribution in [-0.2, 0) is 20.9 Å². The van der Waals surface area contributed by atoms with Gasteiger partial charge in [-0.05, 0) is 68.3 Å². The van der Waals surface area contributed by atoms with Crippen molar-refractivity contribution in [3.63, 3.8) is 0 Å². The average molecular weight is 710 g/mol. The van der Waals surface area contributed by atoms with Gasteiger partial charge in [0.1, 0.15) is 4.75 Å². The Morgan fingerprint density at radius 2 is 1.84 bits per heavy atom. The van der Waals surface area contributed by atoms with Crippen molar-refractivity contribution in [1.82, 2.24) is 20.1 Å². The number of benzene rings is 3. The van der Waals surface area contributed by atoms with E-state index in [9.17, 15) is 9.59 Å². The minimum atomic E-state index is -1.10. The van der Waals surface area contributed by atoms with E-state index in [0.717, 1.165) is 82.7 Å². The summed E-state index contributed by atoms with van der Waals surface area (Å²) in [6, 6.07) is 21.4. The second-order valence-corrected chi connectivity index (χ2v) is 14.6. The molecule has 2 amide bonds. The van der Waals surface area contributed by atoms with Crippen LogP contribution in [0.5, 0.6) is 0 Å². The number of ether oxygens (including phenoxy) is 1. The zero-order valence-corrected chi connectivity index (χ0v) is 28.5. The summed E-state index contributed by atoms with van der Waals surface area (Å²) < 4.78 is 5.35. The summed E-state index contributed by atoms with van der Waals surface area (Å²) in [7, 11) is 0. The third kappa shape index (κ3) is 7.28. The number of nitrogens with zero attached hydrogens (tertiary/aromatic N) is 2. The summed E-state index contributed by atoms with van der Waals surface area (Å²) in [6.07, 6.45) is 3.88. The number of unbranched alkanes of at least 4 members (excludes halogenated alkanes) is 1. The van der Waals surface area contributed by atoms with Crippen LogP contribution in [0.15, 0.2) is 82.3 Å². The summed E-state index contributed by atoms with van der Waals surface area (Å²) in [5, 5.41) is 4.85. The number of rotatable bonds is 11. The Hall–Kier alpha value is -2.82. The van der Waals surface area contributed by atoms with Gasteiger partial charge in [0.05, 0.1) is 25.7 Å². The quantitative estimate of drug-likeness (QED) is 0.162. The number of carbonyl (C=O) groups excluding carboxylic acids is 2. The van der Waals surface area contributed by atoms with Crippen molar-refractivity contribution in [1.29, 1.82) is 0 Å². The number of likely N-dealkylation sites (tertiary alicyclic amines) is 1. The van der Waals surface area contributed by atoms with Gasteiger partial charge in [-0.15, -0.1) is 11.8 Å². The summed E-state index contributed by atoms with van der Waals surface area (Å²) in [5.74, 6) is -0.160. The number of nitrogens with one attached hydrogen (secondary N) is 2. The Morgan fingerprint density at radius 1 is 1.09 bits per heavy atom. The number of hydrogen-bond acceptors (Lipinski definition) is 5. The second-order valence-electron chi connectivity index (χ2n) is 11.9. The van der Waals surface area contributed by atoms with Crippen molar-refractivity contribution in [3.05, 3.63) is 99.1 Å². The van der Waals surface area contributed by atoms with Crippen molar-refractivity contribution in [3.8, 4) is 0 Å². The number of aryl methyl sites for hydroxylation is 1. The topological polar surface area (TPSA) is 77.7 Å². The number of aromatic amines is 1. The fourth-order valence-electron chi connectivity index (χ4n) is 6.35. The van der Waals surface area contributed by atoms with Gasteiger partial charge in [-0.1, -0.05) is 63.4 Å². The first-order valence-corrected chi connectivity index (χ1v) is 17.5. The number of halogens is 2. The van der Waals surface area contributed by atoms with Crippen molar-refractivity contribution < 1.29 is 14.3 Å². The van der Waals surface area contributed by atoms with Crippen LogP contribution >= 0.6 is 39.3 Å². The van der Waals surface area contributed by atoms with Gasteiger partial charge in [0.2, 0.25) is 11.8 Å². The van der Waals surface area contributed by atoms with E-state index in [4.69, 9.17) is 16.3 Å². The van der Waals surface area contributed by atoms with Crippen molar-refractivity contribution in [2.75, 3.05) is 39.4 Å². The Labute approximate surface area is 282 Å². The number of thioether (sulfide) groups is 1. The molecular formula is C35H38BrClN4O3S. The van der Waals surface area contributed by atoms with E-state index >= 15 is 0 Å². The fraction of sp³-hybridized carbons (Fsp3) is 0.371. The molecule has 4 aromatic rings. The van der Waals surface area contributed by atoms with Crippen LogP contribution in [0.3, 0.4) is 0 Å². The lowest BCUT2D eigenvalue weighted by Crippen LogP contribution is -2.48. The molecule has 2 N–H and O–H groups in total. The third-order valence-corrected chi connectivity index (χ3v) is 10.9. The van der Waals surface area contributed by atoms with Crippen LogP contribution in [0.1, 0.15) is 42.0 Å². The zero-order chi connectivity index (χ0) is 31.4. The highest BCUT2D eigenvalue weighted by Crippen LogP contribution is 2.54. The Balaban J connectivity index is 1.35. The molecule has 0 spiro atoms. The number of amides is 2. The SMILES string of the molecule is Cc1ccc(S[C@]2(C(=O)NCCCCN3CCOCC3)CC(=O)N(Cc3ccc(Br)cc3)[C@@H]2c2c[nH]c3cc(Cl)ccc23)cc1. The third-order valence-electron chi connectivity index (χ3n) is 8.72. The van der Waals surface area contributed by atoms with Crippen LogP contribution in [0, 0.1) is 6.92 Å². The zero-order valence-electron chi connectivity index (χ0n) is 25.4. The van der Waals surface area contributed by atoms with E-state index in [1.165, 1.54) is 11.8 Å². The van der Waals surface area contributed by atoms with E-state index in [0.29, 0.717) is 18.1 Å². The van der Waals surface area contributed by atoms with Crippen LogP contribution < -0.4 is 5.32 Å². The largest absolute Gasteiger partial charge is 0.379 e. The van der Waals surface area contributed by atoms with E-state index in [1.54, 1.807) is 0 Å². The molecule has 6 rings (SSSR count). The summed E-state index contributed by atoms with van der Waals surface area (Å²) in [6.45, 7) is 7.45. The second kappa shape index (κ2) is 14.3. The van der Waals surface area contributed by atoms with E-state index in [2.05, 4.69) is 43.3 Å². The first-order chi connectivity index (χ1) is 21.8. The van der Waals surface area contributed by atoms with Crippen LogP contribution in [0.2, 0.25) is 5.02 Å². The number of aromatic nitrogens is 1. The molecule has 1 aromatic heterocycles. The maximum absolute atomic E-state index is 14.6. The fourth-order valence-corrected chi connectivity index (χ4v) is 8.20. The van der Waals surface area contributed by atoms with Gasteiger partial charge in [-0.25, -0.2) is 0 Å². The molecule has 2 fully saturated rings. The van der Waals surface area contributed by atoms with Crippen molar-refractivity contribution in [2.45, 2.75) is 48.4 Å². The molecule has 0 unspecified atom stereocenters. The lowest BCUT2D eigenvalue weighted by molar-refractivity contribution is -0.129. The maximum Gasteiger partial charge on any atom is 0.239 e. The van der Waals surface area contributed by atoms with Crippen LogP contribution in [0.25, 0.3) is 10.9 Å². The molecule has 0 radical (unpaired) electrons. The number of morpholine rings is 1. The molecule has 2 atom stereocenters. The highest BCUT2D eigenvalue weighted by molar-refractivity contribution is 9.10. The number of hydrogen-bond donors (Lipinski definition) is 2. The van der Waals surface area contributed by atoms with Crippen LogP contribution in [-0.4, -0.2) is 70.7 Å². The first-order valence-electron chi connectivity index (χ1n) is 15.5. The highest BCUT2D eigenvalue weighted by Gasteiger charge is 2.58. The molecule has 10 heteroatoms. The molecule has 2 aliphatic heterocycles. The van der Waals surface area contributed by atoms with Crippen molar-refractivity contribution >= 4 is 62.0 Å². The molecule has 0 aliphatic carbocycles. The Kier molecular flexibility index (Phi) is 10.2. The molecule has 3 aromatic carbocycles. The molecule has 3 heterocycles. The van der Waals surface area contributed by atoms with E-state index in [-0.39, 0.29) is 18.2 Å². The molecule has 0 bridgehead atoms. The van der Waals surface area contributed by atoms with Crippen LogP contribution in [0.4, 0.5) is 0 Å². The smallest absolute Gasteiger partial charge is 0.239 e. The minimum Gasteiger partial charge on any atom is -0.379 e. The monoisotopic (exact) mass is 708 g/mol. The van der Waals surface area contributed by atoms with Gasteiger partial charge in [0.25, 0.3) is 0 Å². The number of carbonyl (C=O) groups is 2. The Bertz CT molecular complexity index is 1640. The van der Waals surface area contributed by atoms with Gasteiger partial charge in [-0.2, -0.15) is 0 Å². The summed E-state index contributed by atoms with van der Waals surface area (Å²) in [5.41, 5.74) is 3.92. The van der Waals surface area contributed by atoms with Gasteiger partial charge in [0.15, 0.2) is 0 Å². The molecular weight excluding hydrogens is 672 g/mol. The molecule has 0 saturated carbocycles. The summed E-state index contributed by atoms with van der Waals surface area (Å²) >= 11 is 11.4. The normalized spacial score (nSPS) is 20.6. The van der Waals surface area contributed by atoms with Gasteiger partial charge in [-0.3, -0.25) is 14.5 Å². The van der Waals surface area contributed by atoms with E-state index in [1.807, 2.05) is 72.6 Å². The molecule has 7 nitrogen and oxygen atoms in total. The lowest BCUT2D eigenvalue weighted by Gasteiger charge is -2.36. The summed E-state index contributed by atoms with van der Waals surface area (Å²) in [4.78, 5) is 37.4.